The lowest BCUT2D eigenvalue weighted by molar-refractivity contribution is 0.633. The second-order valence-electron chi connectivity index (χ2n) is 3.82. The smallest absolute Gasteiger partial charge is 0.203 e. The van der Waals surface area contributed by atoms with Crippen LogP contribution in [0.5, 0.6) is 0 Å². The van der Waals surface area contributed by atoms with Crippen molar-refractivity contribution in [3.05, 3.63) is 5.82 Å². The SMILES string of the molecule is CSCc1nsc(NC(C)(C)C)n1. The second kappa shape index (κ2) is 4.28. The molecule has 0 aromatic carbocycles. The first-order valence-electron chi connectivity index (χ1n) is 4.11. The van der Waals surface area contributed by atoms with Crippen molar-refractivity contribution >= 4 is 28.4 Å². The van der Waals surface area contributed by atoms with Crippen LogP contribution in [0.3, 0.4) is 0 Å². The highest BCUT2D eigenvalue weighted by Crippen LogP contribution is 2.18. The molecule has 0 aliphatic heterocycles. The average Bonchev–Trinajstić information content (AvgIpc) is 2.33. The van der Waals surface area contributed by atoms with Crippen LogP contribution in [-0.2, 0) is 5.75 Å². The maximum absolute atomic E-state index is 4.36. The minimum atomic E-state index is 0.0656. The molecule has 1 rings (SSSR count). The van der Waals surface area contributed by atoms with Crippen molar-refractivity contribution in [2.45, 2.75) is 32.1 Å². The van der Waals surface area contributed by atoms with Crippen molar-refractivity contribution in [1.29, 1.82) is 0 Å². The lowest BCUT2D eigenvalue weighted by atomic mass is 10.1. The largest absolute Gasteiger partial charge is 0.356 e. The van der Waals surface area contributed by atoms with Gasteiger partial charge in [-0.05, 0) is 27.0 Å². The third-order valence-electron chi connectivity index (χ3n) is 1.22. The summed E-state index contributed by atoms with van der Waals surface area (Å²) in [5, 5.41) is 4.21. The molecule has 5 heteroatoms. The molecule has 0 aliphatic carbocycles. The fourth-order valence-corrected chi connectivity index (χ4v) is 2.08. The summed E-state index contributed by atoms with van der Waals surface area (Å²) in [6.07, 6.45) is 2.05. The highest BCUT2D eigenvalue weighted by molar-refractivity contribution is 7.97. The third-order valence-corrected chi connectivity index (χ3v) is 2.44. The number of aromatic nitrogens is 2. The first-order valence-corrected chi connectivity index (χ1v) is 6.28. The summed E-state index contributed by atoms with van der Waals surface area (Å²) in [5.41, 5.74) is 0.0656. The van der Waals surface area contributed by atoms with Gasteiger partial charge in [0.15, 0.2) is 5.82 Å². The highest BCUT2D eigenvalue weighted by Gasteiger charge is 2.12. The molecule has 0 spiro atoms. The van der Waals surface area contributed by atoms with Gasteiger partial charge in [0.25, 0.3) is 0 Å². The molecule has 0 bridgehead atoms. The van der Waals surface area contributed by atoms with E-state index in [9.17, 15) is 0 Å². The lowest BCUT2D eigenvalue weighted by Crippen LogP contribution is -2.25. The Morgan fingerprint density at radius 1 is 1.46 bits per heavy atom. The lowest BCUT2D eigenvalue weighted by Gasteiger charge is -2.18. The van der Waals surface area contributed by atoms with Crippen LogP contribution in [0.2, 0.25) is 0 Å². The third kappa shape index (κ3) is 3.95. The van der Waals surface area contributed by atoms with Gasteiger partial charge in [0.1, 0.15) is 0 Å². The van der Waals surface area contributed by atoms with Crippen molar-refractivity contribution in [2.24, 2.45) is 0 Å². The number of nitrogens with one attached hydrogen (secondary N) is 1. The molecule has 0 radical (unpaired) electrons. The molecule has 1 N–H and O–H groups in total. The molecule has 0 amide bonds. The van der Waals surface area contributed by atoms with E-state index in [1.165, 1.54) is 11.5 Å². The summed E-state index contributed by atoms with van der Waals surface area (Å²) in [4.78, 5) is 4.36. The fraction of sp³-hybridized carbons (Fsp3) is 0.750. The Labute approximate surface area is 87.5 Å². The summed E-state index contributed by atoms with van der Waals surface area (Å²) in [6.45, 7) is 6.34. The summed E-state index contributed by atoms with van der Waals surface area (Å²) in [7, 11) is 0. The molecule has 74 valence electrons. The van der Waals surface area contributed by atoms with E-state index in [4.69, 9.17) is 0 Å². The Bertz CT molecular complexity index is 265. The van der Waals surface area contributed by atoms with Crippen LogP contribution in [0, 0.1) is 0 Å². The molecular formula is C8H15N3S2. The van der Waals surface area contributed by atoms with Crippen molar-refractivity contribution in [2.75, 3.05) is 11.6 Å². The Balaban J connectivity index is 2.59. The van der Waals surface area contributed by atoms with E-state index in [1.807, 2.05) is 0 Å². The van der Waals surface area contributed by atoms with E-state index < -0.39 is 0 Å². The Morgan fingerprint density at radius 2 is 2.15 bits per heavy atom. The maximum atomic E-state index is 4.36. The van der Waals surface area contributed by atoms with Crippen LogP contribution in [0.4, 0.5) is 5.13 Å². The van der Waals surface area contributed by atoms with Crippen molar-refractivity contribution < 1.29 is 0 Å². The molecule has 0 saturated heterocycles. The number of hydrogen-bond donors (Lipinski definition) is 1. The predicted molar refractivity (Wildman–Crippen MR) is 60.5 cm³/mol. The zero-order chi connectivity index (χ0) is 9.90. The van der Waals surface area contributed by atoms with Gasteiger partial charge in [-0.25, -0.2) is 4.98 Å². The summed E-state index contributed by atoms with van der Waals surface area (Å²) in [6, 6.07) is 0. The number of thioether (sulfide) groups is 1. The molecule has 13 heavy (non-hydrogen) atoms. The number of nitrogens with zero attached hydrogens (tertiary/aromatic N) is 2. The number of hydrogen-bond acceptors (Lipinski definition) is 5. The molecule has 0 saturated carbocycles. The van der Waals surface area contributed by atoms with Gasteiger partial charge in [0, 0.05) is 17.1 Å². The van der Waals surface area contributed by atoms with Crippen molar-refractivity contribution in [1.82, 2.24) is 9.36 Å². The zero-order valence-corrected chi connectivity index (χ0v) is 10.1. The van der Waals surface area contributed by atoms with Gasteiger partial charge in [-0.3, -0.25) is 0 Å². The second-order valence-corrected chi connectivity index (χ2v) is 5.44. The predicted octanol–water partition coefficient (Wildman–Crippen LogP) is 2.61. The van der Waals surface area contributed by atoms with Crippen LogP contribution in [0.1, 0.15) is 26.6 Å². The standard InChI is InChI=1S/C8H15N3S2/c1-8(2,3)10-7-9-6(5-12-4)11-13-7/h5H2,1-4H3,(H,9,10,11). The van der Waals surface area contributed by atoms with Crippen LogP contribution in [0.25, 0.3) is 0 Å². The van der Waals surface area contributed by atoms with E-state index in [1.54, 1.807) is 11.8 Å². The highest BCUT2D eigenvalue weighted by atomic mass is 32.2. The van der Waals surface area contributed by atoms with Gasteiger partial charge >= 0.3 is 0 Å². The zero-order valence-electron chi connectivity index (χ0n) is 8.42. The number of anilines is 1. The van der Waals surface area contributed by atoms with Crippen LogP contribution in [-0.4, -0.2) is 21.2 Å². The van der Waals surface area contributed by atoms with E-state index in [2.05, 4.69) is 41.7 Å². The fourth-order valence-electron chi connectivity index (χ4n) is 0.813. The molecule has 0 atom stereocenters. The van der Waals surface area contributed by atoms with Gasteiger partial charge in [-0.1, -0.05) is 0 Å². The van der Waals surface area contributed by atoms with Crippen LogP contribution < -0.4 is 5.32 Å². The monoisotopic (exact) mass is 217 g/mol. The quantitative estimate of drug-likeness (QED) is 0.844. The van der Waals surface area contributed by atoms with E-state index in [-0.39, 0.29) is 5.54 Å². The minimum Gasteiger partial charge on any atom is -0.356 e. The first kappa shape index (κ1) is 10.8. The summed E-state index contributed by atoms with van der Waals surface area (Å²) >= 11 is 3.17. The van der Waals surface area contributed by atoms with Gasteiger partial charge < -0.3 is 5.32 Å². The Hall–Kier alpha value is -0.290. The molecule has 0 fully saturated rings. The normalized spacial score (nSPS) is 11.7. The van der Waals surface area contributed by atoms with E-state index in [0.29, 0.717) is 0 Å². The van der Waals surface area contributed by atoms with Gasteiger partial charge in [-0.15, -0.1) is 0 Å². The molecule has 1 aromatic heterocycles. The van der Waals surface area contributed by atoms with Gasteiger partial charge in [0.2, 0.25) is 5.13 Å². The molecule has 1 heterocycles. The number of rotatable bonds is 3. The molecular weight excluding hydrogens is 202 g/mol. The van der Waals surface area contributed by atoms with Gasteiger partial charge in [-0.2, -0.15) is 16.1 Å². The molecule has 1 aromatic rings. The van der Waals surface area contributed by atoms with Crippen molar-refractivity contribution in [3.63, 3.8) is 0 Å². The average molecular weight is 217 g/mol. The Kier molecular flexibility index (Phi) is 3.55. The summed E-state index contributed by atoms with van der Waals surface area (Å²) < 4.78 is 4.24. The van der Waals surface area contributed by atoms with Crippen LogP contribution >= 0.6 is 23.3 Å². The Morgan fingerprint density at radius 3 is 2.69 bits per heavy atom. The van der Waals surface area contributed by atoms with Crippen LogP contribution in [0.15, 0.2) is 0 Å². The molecule has 0 unspecified atom stereocenters. The minimum absolute atomic E-state index is 0.0656. The van der Waals surface area contributed by atoms with E-state index in [0.717, 1.165) is 16.7 Å². The molecule has 3 nitrogen and oxygen atoms in total. The molecule has 0 aliphatic rings. The van der Waals surface area contributed by atoms with Gasteiger partial charge in [0.05, 0.1) is 5.75 Å². The summed E-state index contributed by atoms with van der Waals surface area (Å²) in [5.74, 6) is 1.81. The topological polar surface area (TPSA) is 37.8 Å². The van der Waals surface area contributed by atoms with E-state index >= 15 is 0 Å². The van der Waals surface area contributed by atoms with Crippen molar-refractivity contribution in [3.8, 4) is 0 Å². The first-order chi connectivity index (χ1) is 6.01. The maximum Gasteiger partial charge on any atom is 0.203 e.